The number of hydrogen-bond donors (Lipinski definition) is 0. The van der Waals surface area contributed by atoms with Gasteiger partial charge in [0.05, 0.1) is 31.0 Å². The first kappa shape index (κ1) is 31.1. The summed E-state index contributed by atoms with van der Waals surface area (Å²) >= 11 is 6.49. The molecule has 2 amide bonds. The Morgan fingerprint density at radius 1 is 0.909 bits per heavy atom. The van der Waals surface area contributed by atoms with E-state index in [0.29, 0.717) is 54.6 Å². The van der Waals surface area contributed by atoms with Crippen molar-refractivity contribution in [3.8, 4) is 5.75 Å². The van der Waals surface area contributed by atoms with Gasteiger partial charge in [0, 0.05) is 54.8 Å². The summed E-state index contributed by atoms with van der Waals surface area (Å²) in [6.07, 6.45) is 0.0878. The van der Waals surface area contributed by atoms with Crippen molar-refractivity contribution in [3.05, 3.63) is 106 Å². The van der Waals surface area contributed by atoms with Crippen LogP contribution in [0.25, 0.3) is 0 Å². The predicted molar refractivity (Wildman–Crippen MR) is 171 cm³/mol. The zero-order valence-electron chi connectivity index (χ0n) is 25.4. The summed E-state index contributed by atoms with van der Waals surface area (Å²) in [5, 5.41) is 0.499. The van der Waals surface area contributed by atoms with Gasteiger partial charge in [-0.2, -0.15) is 0 Å². The van der Waals surface area contributed by atoms with Gasteiger partial charge in [-0.1, -0.05) is 54.1 Å². The molecule has 0 spiro atoms. The summed E-state index contributed by atoms with van der Waals surface area (Å²) in [5.74, 6) is -0.283. The fourth-order valence-electron chi connectivity index (χ4n) is 6.01. The number of para-hydroxylation sites is 2. The van der Waals surface area contributed by atoms with E-state index in [1.807, 2.05) is 72.5 Å². The van der Waals surface area contributed by atoms with Crippen LogP contribution in [0.4, 0.5) is 5.69 Å². The highest BCUT2D eigenvalue weighted by Crippen LogP contribution is 2.40. The van der Waals surface area contributed by atoms with Crippen molar-refractivity contribution in [2.45, 2.75) is 39.7 Å². The molecule has 8 nitrogen and oxygen atoms in total. The highest BCUT2D eigenvalue weighted by atomic mass is 35.5. The van der Waals surface area contributed by atoms with Gasteiger partial charge in [-0.05, 0) is 62.2 Å². The fraction of sp³-hybridized carbons (Fsp3) is 0.343. The maximum Gasteiger partial charge on any atom is 0.336 e. The van der Waals surface area contributed by atoms with Crippen molar-refractivity contribution >= 4 is 35.1 Å². The maximum absolute atomic E-state index is 13.5. The third kappa shape index (κ3) is 6.60. The minimum absolute atomic E-state index is 0.0483. The second-order valence-corrected chi connectivity index (χ2v) is 11.3. The molecule has 0 N–H and O–H groups in total. The second-order valence-electron chi connectivity index (χ2n) is 10.9. The zero-order chi connectivity index (χ0) is 31.2. The molecule has 1 atom stereocenters. The van der Waals surface area contributed by atoms with E-state index < -0.39 is 11.9 Å². The molecule has 230 valence electrons. The van der Waals surface area contributed by atoms with E-state index >= 15 is 0 Å². The van der Waals surface area contributed by atoms with E-state index in [-0.39, 0.29) is 31.4 Å². The number of halogens is 1. The first-order chi connectivity index (χ1) is 21.3. The highest BCUT2D eigenvalue weighted by Gasteiger charge is 2.37. The van der Waals surface area contributed by atoms with Gasteiger partial charge in [0.1, 0.15) is 5.75 Å². The Morgan fingerprint density at radius 3 is 2.36 bits per heavy atom. The summed E-state index contributed by atoms with van der Waals surface area (Å²) < 4.78 is 11.2. The molecule has 0 saturated carbocycles. The largest absolute Gasteiger partial charge is 0.492 e. The van der Waals surface area contributed by atoms with Crippen LogP contribution in [0, 0.1) is 0 Å². The molecule has 0 radical (unpaired) electrons. The summed E-state index contributed by atoms with van der Waals surface area (Å²) in [5.41, 5.74) is 4.08. The van der Waals surface area contributed by atoms with Gasteiger partial charge in [0.15, 0.2) is 0 Å². The number of piperazine rings is 1. The van der Waals surface area contributed by atoms with Crippen LogP contribution >= 0.6 is 11.6 Å². The number of ether oxygens (including phenoxy) is 2. The number of benzene rings is 3. The summed E-state index contributed by atoms with van der Waals surface area (Å²) in [6.45, 7) is 9.10. The molecule has 1 fully saturated rings. The van der Waals surface area contributed by atoms with Crippen molar-refractivity contribution in [3.63, 3.8) is 0 Å². The summed E-state index contributed by atoms with van der Waals surface area (Å²) in [7, 11) is 0. The number of hydrogen-bond acceptors (Lipinski definition) is 6. The molecule has 0 aliphatic carbocycles. The van der Waals surface area contributed by atoms with Gasteiger partial charge in [-0.3, -0.25) is 9.59 Å². The number of carbonyl (C=O) groups is 3. The van der Waals surface area contributed by atoms with Gasteiger partial charge in [-0.25, -0.2) is 4.79 Å². The molecule has 1 saturated heterocycles. The third-order valence-corrected chi connectivity index (χ3v) is 8.53. The van der Waals surface area contributed by atoms with E-state index in [2.05, 4.69) is 4.90 Å². The summed E-state index contributed by atoms with van der Waals surface area (Å²) in [4.78, 5) is 46.0. The van der Waals surface area contributed by atoms with Gasteiger partial charge in [0.25, 0.3) is 5.91 Å². The molecule has 5 rings (SSSR count). The van der Waals surface area contributed by atoms with E-state index in [0.717, 1.165) is 22.6 Å². The Morgan fingerprint density at radius 2 is 1.64 bits per heavy atom. The molecule has 2 aliphatic rings. The number of anilines is 1. The van der Waals surface area contributed by atoms with Crippen LogP contribution in [0.15, 0.2) is 84.1 Å². The molecular formula is C35H38ClN3O5. The lowest BCUT2D eigenvalue weighted by Gasteiger charge is -2.37. The zero-order valence-corrected chi connectivity index (χ0v) is 26.2. The lowest BCUT2D eigenvalue weighted by molar-refractivity contribution is -0.140. The first-order valence-electron chi connectivity index (χ1n) is 15.1. The van der Waals surface area contributed by atoms with E-state index in [4.69, 9.17) is 21.1 Å². The molecule has 3 aromatic rings. The molecular weight excluding hydrogens is 578 g/mol. The standard InChI is InChI=1S/C35H38ClN3O5/c1-4-43-31-16-9-8-15-30(31)37-17-19-38(20-18-37)34(41)26-12-10-11-25(21-26)23-39-24(3)33(35(42)44-5-2)28(22-32(39)40)27-13-6-7-14-29(27)36/h6-16,21,28H,4-5,17-20,22-23H2,1-3H3. The van der Waals surface area contributed by atoms with E-state index in [1.54, 1.807) is 30.9 Å². The van der Waals surface area contributed by atoms with E-state index in [1.165, 1.54) is 0 Å². The Hall–Kier alpha value is -4.30. The number of nitrogens with zero attached hydrogens (tertiary/aromatic N) is 3. The normalized spacial score (nSPS) is 17.1. The average molecular weight is 616 g/mol. The molecule has 2 aliphatic heterocycles. The van der Waals surface area contributed by atoms with Crippen LogP contribution in [-0.4, -0.2) is 67.0 Å². The number of amides is 2. The predicted octanol–water partition coefficient (Wildman–Crippen LogP) is 6.05. The molecule has 0 bridgehead atoms. The quantitative estimate of drug-likeness (QED) is 0.273. The second kappa shape index (κ2) is 14.0. The molecule has 1 unspecified atom stereocenters. The Bertz CT molecular complexity index is 1560. The van der Waals surface area contributed by atoms with Crippen LogP contribution < -0.4 is 9.64 Å². The van der Waals surface area contributed by atoms with Crippen LogP contribution in [-0.2, 0) is 20.9 Å². The van der Waals surface area contributed by atoms with Crippen LogP contribution in [0.5, 0.6) is 5.75 Å². The van der Waals surface area contributed by atoms with Gasteiger partial charge < -0.3 is 24.2 Å². The van der Waals surface area contributed by atoms with Crippen molar-refractivity contribution in [1.82, 2.24) is 9.80 Å². The SMILES string of the molecule is CCOC(=O)C1=C(C)N(Cc2cccc(C(=O)N3CCN(c4ccccc4OCC)CC3)c2)C(=O)CC1c1ccccc1Cl. The number of rotatable bonds is 9. The summed E-state index contributed by atoms with van der Waals surface area (Å²) in [6, 6.07) is 22.6. The van der Waals surface area contributed by atoms with Crippen molar-refractivity contribution in [1.29, 1.82) is 0 Å². The van der Waals surface area contributed by atoms with Crippen LogP contribution in [0.2, 0.25) is 5.02 Å². The fourth-order valence-corrected chi connectivity index (χ4v) is 6.28. The van der Waals surface area contributed by atoms with Gasteiger partial charge in [-0.15, -0.1) is 0 Å². The Balaban J connectivity index is 1.32. The lowest BCUT2D eigenvalue weighted by Crippen LogP contribution is -2.48. The third-order valence-electron chi connectivity index (χ3n) is 8.19. The lowest BCUT2D eigenvalue weighted by atomic mass is 9.83. The maximum atomic E-state index is 13.5. The average Bonchev–Trinajstić information content (AvgIpc) is 3.03. The Labute approximate surface area is 263 Å². The molecule has 44 heavy (non-hydrogen) atoms. The minimum atomic E-state index is -0.501. The highest BCUT2D eigenvalue weighted by molar-refractivity contribution is 6.31. The number of esters is 1. The van der Waals surface area contributed by atoms with Crippen molar-refractivity contribution in [2.75, 3.05) is 44.3 Å². The molecule has 9 heteroatoms. The molecule has 0 aromatic heterocycles. The minimum Gasteiger partial charge on any atom is -0.492 e. The number of carbonyl (C=O) groups excluding carboxylic acids is 3. The van der Waals surface area contributed by atoms with Gasteiger partial charge >= 0.3 is 5.97 Å². The van der Waals surface area contributed by atoms with E-state index in [9.17, 15) is 14.4 Å². The first-order valence-corrected chi connectivity index (χ1v) is 15.5. The monoisotopic (exact) mass is 615 g/mol. The van der Waals surface area contributed by atoms with Gasteiger partial charge in [0.2, 0.25) is 5.91 Å². The topological polar surface area (TPSA) is 79.4 Å². The molecule has 3 aromatic carbocycles. The van der Waals surface area contributed by atoms with Crippen molar-refractivity contribution < 1.29 is 23.9 Å². The van der Waals surface area contributed by atoms with Crippen molar-refractivity contribution in [2.24, 2.45) is 0 Å². The van der Waals surface area contributed by atoms with Crippen LogP contribution in [0.1, 0.15) is 54.6 Å². The smallest absolute Gasteiger partial charge is 0.336 e. The van der Waals surface area contributed by atoms with Crippen LogP contribution in [0.3, 0.4) is 0 Å². The Kier molecular flexibility index (Phi) is 9.90. The number of allylic oxidation sites excluding steroid dienone is 1. The molecule has 2 heterocycles.